The van der Waals surface area contributed by atoms with Crippen molar-refractivity contribution in [3.8, 4) is 0 Å². The fourth-order valence-corrected chi connectivity index (χ4v) is 3.37. The van der Waals surface area contributed by atoms with Crippen LogP contribution >= 0.6 is 27.5 Å². The summed E-state index contributed by atoms with van der Waals surface area (Å²) in [5.41, 5.74) is 0.146. The number of benzene rings is 1. The molecule has 100 valence electrons. The lowest BCUT2D eigenvalue weighted by Gasteiger charge is -2.17. The monoisotopic (exact) mass is 336 g/mol. The van der Waals surface area contributed by atoms with Crippen LogP contribution in [0.2, 0.25) is 0 Å². The Hall–Kier alpha value is -0.150. The predicted octanol–water partition coefficient (Wildman–Crippen LogP) is 5.46. The molecular formula is C14H16BrClF2. The maximum absolute atomic E-state index is 13.8. The van der Waals surface area contributed by atoms with E-state index in [4.69, 9.17) is 11.6 Å². The molecule has 1 aromatic carbocycles. The SMILES string of the molecule is Fc1ccc(Br)c(F)c1CCC(Cl)C1CCCC1. The molecule has 0 heterocycles. The molecule has 0 spiro atoms. The van der Waals surface area contributed by atoms with E-state index < -0.39 is 11.6 Å². The Balaban J connectivity index is 1.99. The average molecular weight is 338 g/mol. The molecule has 1 fully saturated rings. The molecule has 1 aliphatic rings. The Morgan fingerprint density at radius 2 is 1.94 bits per heavy atom. The van der Waals surface area contributed by atoms with Gasteiger partial charge in [-0.25, -0.2) is 8.78 Å². The zero-order chi connectivity index (χ0) is 13.1. The predicted molar refractivity (Wildman–Crippen MR) is 74.0 cm³/mol. The van der Waals surface area contributed by atoms with Gasteiger partial charge in [0.25, 0.3) is 0 Å². The first-order chi connectivity index (χ1) is 8.59. The fourth-order valence-electron chi connectivity index (χ4n) is 2.64. The average Bonchev–Trinajstić information content (AvgIpc) is 2.87. The van der Waals surface area contributed by atoms with Crippen LogP contribution in [-0.2, 0) is 6.42 Å². The molecule has 1 aromatic rings. The molecule has 0 bridgehead atoms. The lowest BCUT2D eigenvalue weighted by atomic mass is 9.97. The molecule has 4 heteroatoms. The maximum atomic E-state index is 13.8. The molecule has 0 saturated heterocycles. The Labute approximate surface area is 120 Å². The van der Waals surface area contributed by atoms with Crippen LogP contribution in [0.15, 0.2) is 16.6 Å². The third-order valence-corrected chi connectivity index (χ3v) is 4.91. The van der Waals surface area contributed by atoms with Crippen molar-refractivity contribution in [1.29, 1.82) is 0 Å². The highest BCUT2D eigenvalue weighted by atomic mass is 79.9. The van der Waals surface area contributed by atoms with Gasteiger partial charge >= 0.3 is 0 Å². The Morgan fingerprint density at radius 1 is 1.28 bits per heavy atom. The van der Waals surface area contributed by atoms with E-state index in [1.54, 1.807) is 0 Å². The van der Waals surface area contributed by atoms with Gasteiger partial charge in [-0.1, -0.05) is 12.8 Å². The highest BCUT2D eigenvalue weighted by Gasteiger charge is 2.24. The van der Waals surface area contributed by atoms with E-state index in [2.05, 4.69) is 15.9 Å². The van der Waals surface area contributed by atoms with Crippen LogP contribution in [0.5, 0.6) is 0 Å². The third kappa shape index (κ3) is 3.24. The van der Waals surface area contributed by atoms with Gasteiger partial charge in [0.2, 0.25) is 0 Å². The fraction of sp³-hybridized carbons (Fsp3) is 0.571. The van der Waals surface area contributed by atoms with E-state index in [0.29, 0.717) is 23.2 Å². The number of alkyl halides is 1. The quantitative estimate of drug-likeness (QED) is 0.506. The normalized spacial score (nSPS) is 18.2. The molecular weight excluding hydrogens is 322 g/mol. The Bertz CT molecular complexity index is 417. The largest absolute Gasteiger partial charge is 0.207 e. The molecule has 2 rings (SSSR count). The van der Waals surface area contributed by atoms with Crippen molar-refractivity contribution in [1.82, 2.24) is 0 Å². The highest BCUT2D eigenvalue weighted by molar-refractivity contribution is 9.10. The van der Waals surface area contributed by atoms with Crippen LogP contribution in [0.1, 0.15) is 37.7 Å². The van der Waals surface area contributed by atoms with Gasteiger partial charge in [-0.2, -0.15) is 0 Å². The van der Waals surface area contributed by atoms with Gasteiger partial charge in [0.15, 0.2) is 0 Å². The molecule has 0 aliphatic heterocycles. The minimum Gasteiger partial charge on any atom is -0.207 e. The van der Waals surface area contributed by atoms with E-state index in [9.17, 15) is 8.78 Å². The van der Waals surface area contributed by atoms with Crippen molar-refractivity contribution >= 4 is 27.5 Å². The van der Waals surface area contributed by atoms with Gasteiger partial charge in [-0.3, -0.25) is 0 Å². The molecule has 0 aromatic heterocycles. The summed E-state index contributed by atoms with van der Waals surface area (Å²) in [4.78, 5) is 0. The maximum Gasteiger partial charge on any atom is 0.143 e. The number of hydrogen-bond donors (Lipinski definition) is 0. The van der Waals surface area contributed by atoms with Gasteiger partial charge in [-0.15, -0.1) is 11.6 Å². The summed E-state index contributed by atoms with van der Waals surface area (Å²) in [5.74, 6) is -0.457. The molecule has 0 amide bonds. The van der Waals surface area contributed by atoms with Crippen LogP contribution in [0.25, 0.3) is 0 Å². The second-order valence-corrected chi connectivity index (χ2v) is 6.34. The van der Waals surface area contributed by atoms with Crippen molar-refractivity contribution in [2.24, 2.45) is 5.92 Å². The van der Waals surface area contributed by atoms with Crippen LogP contribution in [0.3, 0.4) is 0 Å². The van der Waals surface area contributed by atoms with E-state index in [0.717, 1.165) is 12.8 Å². The zero-order valence-electron chi connectivity index (χ0n) is 10.1. The first-order valence-corrected chi connectivity index (χ1v) is 7.59. The summed E-state index contributed by atoms with van der Waals surface area (Å²) in [7, 11) is 0. The van der Waals surface area contributed by atoms with Crippen molar-refractivity contribution in [2.75, 3.05) is 0 Å². The van der Waals surface area contributed by atoms with Crippen molar-refractivity contribution in [3.05, 3.63) is 33.8 Å². The van der Waals surface area contributed by atoms with Gasteiger partial charge in [-0.05, 0) is 59.7 Å². The van der Waals surface area contributed by atoms with Crippen molar-refractivity contribution in [2.45, 2.75) is 43.9 Å². The Morgan fingerprint density at radius 3 is 2.61 bits per heavy atom. The topological polar surface area (TPSA) is 0 Å². The smallest absolute Gasteiger partial charge is 0.143 e. The third-order valence-electron chi connectivity index (χ3n) is 3.72. The van der Waals surface area contributed by atoms with E-state index in [1.807, 2.05) is 0 Å². The number of rotatable bonds is 4. The number of halogens is 4. The summed E-state index contributed by atoms with van der Waals surface area (Å²) in [5, 5.41) is 0.0327. The summed E-state index contributed by atoms with van der Waals surface area (Å²) in [6.45, 7) is 0. The number of hydrogen-bond acceptors (Lipinski definition) is 0. The van der Waals surface area contributed by atoms with Gasteiger partial charge in [0, 0.05) is 10.9 Å². The van der Waals surface area contributed by atoms with Gasteiger partial charge in [0.05, 0.1) is 4.47 Å². The van der Waals surface area contributed by atoms with Crippen molar-refractivity contribution < 1.29 is 8.78 Å². The minimum atomic E-state index is -0.495. The lowest BCUT2D eigenvalue weighted by Crippen LogP contribution is -2.13. The molecule has 1 unspecified atom stereocenters. The summed E-state index contributed by atoms with van der Waals surface area (Å²) in [6, 6.07) is 2.69. The van der Waals surface area contributed by atoms with Crippen LogP contribution in [-0.4, -0.2) is 5.38 Å². The molecule has 0 radical (unpaired) electrons. The molecule has 18 heavy (non-hydrogen) atoms. The van der Waals surface area contributed by atoms with Crippen LogP contribution in [0.4, 0.5) is 8.78 Å². The lowest BCUT2D eigenvalue weighted by molar-refractivity contribution is 0.479. The second-order valence-electron chi connectivity index (χ2n) is 4.92. The first-order valence-electron chi connectivity index (χ1n) is 6.36. The van der Waals surface area contributed by atoms with E-state index in [1.165, 1.54) is 25.0 Å². The van der Waals surface area contributed by atoms with E-state index in [-0.39, 0.29) is 10.9 Å². The molecule has 1 atom stereocenters. The van der Waals surface area contributed by atoms with E-state index >= 15 is 0 Å². The van der Waals surface area contributed by atoms with Crippen LogP contribution in [0, 0.1) is 17.6 Å². The molecule has 1 aliphatic carbocycles. The zero-order valence-corrected chi connectivity index (χ0v) is 12.4. The Kier molecular flexibility index (Phi) is 5.02. The highest BCUT2D eigenvalue weighted by Crippen LogP contribution is 2.33. The first kappa shape index (κ1) is 14.3. The summed E-state index contributed by atoms with van der Waals surface area (Å²) < 4.78 is 27.6. The second kappa shape index (κ2) is 6.33. The minimum absolute atomic E-state index is 0.0327. The molecule has 0 N–H and O–H groups in total. The standard InChI is InChI=1S/C14H16BrClF2/c15-11-6-8-13(17)10(14(11)18)5-7-12(16)9-3-1-2-4-9/h6,8-9,12H,1-5,7H2. The molecule has 0 nitrogen and oxygen atoms in total. The van der Waals surface area contributed by atoms with Crippen LogP contribution < -0.4 is 0 Å². The molecule has 1 saturated carbocycles. The summed E-state index contributed by atoms with van der Waals surface area (Å²) >= 11 is 9.40. The van der Waals surface area contributed by atoms with Crippen molar-refractivity contribution in [3.63, 3.8) is 0 Å². The summed E-state index contributed by atoms with van der Waals surface area (Å²) in [6.07, 6.45) is 5.76. The van der Waals surface area contributed by atoms with Gasteiger partial charge in [0.1, 0.15) is 11.6 Å². The van der Waals surface area contributed by atoms with Gasteiger partial charge < -0.3 is 0 Å².